The smallest absolute Gasteiger partial charge is 0.333 e. The highest BCUT2D eigenvalue weighted by atomic mass is 28.4. The Labute approximate surface area is 417 Å². The zero-order chi connectivity index (χ0) is 53.1. The Kier molecular flexibility index (Phi) is 24.8. The van der Waals surface area contributed by atoms with E-state index >= 15 is 0 Å². The molecule has 14 heteroatoms. The molecule has 0 amide bonds. The van der Waals surface area contributed by atoms with Crippen LogP contribution in [0.3, 0.4) is 0 Å². The van der Waals surface area contributed by atoms with E-state index in [0.29, 0.717) is 37.4 Å². The molecule has 0 spiro atoms. The average Bonchev–Trinajstić information content (AvgIpc) is 3.11. The third-order valence-corrected chi connectivity index (χ3v) is 33.6. The summed E-state index contributed by atoms with van der Waals surface area (Å²) in [5.41, 5.74) is -1.10. The third kappa shape index (κ3) is 20.6. The van der Waals surface area contributed by atoms with Gasteiger partial charge in [0.25, 0.3) is 0 Å². The SMILES string of the molecule is C=C(C)C(=O)OCCC[Si](C)(C)OC(C)(C)[Si](C)(CCCC(CC)OCCC(C)(C)C(C)(C)OC(C)CC(C)(C)O)OC(C)(C)C(C)(C)[Si](C)(C)OC(C)(C)[Si](C)(C)CCCOC(=O)C(=C)C. The van der Waals surface area contributed by atoms with Crippen molar-refractivity contribution < 1.29 is 46.9 Å². The second kappa shape index (κ2) is 25.1. The molecule has 396 valence electrons. The highest BCUT2D eigenvalue weighted by molar-refractivity contribution is 6.82. The Balaban J connectivity index is 6.57. The van der Waals surface area contributed by atoms with Crippen molar-refractivity contribution in [1.29, 1.82) is 0 Å². The van der Waals surface area contributed by atoms with Crippen molar-refractivity contribution in [1.82, 2.24) is 0 Å². The van der Waals surface area contributed by atoms with Gasteiger partial charge < -0.3 is 37.3 Å². The van der Waals surface area contributed by atoms with Gasteiger partial charge in [0.05, 0.1) is 55.5 Å². The number of carbonyl (C=O) groups is 2. The lowest BCUT2D eigenvalue weighted by Crippen LogP contribution is -2.67. The molecule has 0 aliphatic rings. The van der Waals surface area contributed by atoms with E-state index in [1.54, 1.807) is 13.8 Å². The zero-order valence-electron chi connectivity index (χ0n) is 48.4. The van der Waals surface area contributed by atoms with E-state index in [2.05, 4.69) is 149 Å². The predicted molar refractivity (Wildman–Crippen MR) is 292 cm³/mol. The fourth-order valence-corrected chi connectivity index (χ4v) is 22.8. The van der Waals surface area contributed by atoms with E-state index in [1.807, 2.05) is 20.8 Å². The van der Waals surface area contributed by atoms with Crippen molar-refractivity contribution in [2.24, 2.45) is 5.41 Å². The summed E-state index contributed by atoms with van der Waals surface area (Å²) < 4.78 is 46.8. The van der Waals surface area contributed by atoms with Crippen molar-refractivity contribution in [2.75, 3.05) is 19.8 Å². The molecule has 0 aromatic heterocycles. The summed E-state index contributed by atoms with van der Waals surface area (Å²) in [7, 11) is -9.58. The Bertz CT molecular complexity index is 1590. The van der Waals surface area contributed by atoms with E-state index in [1.165, 1.54) is 0 Å². The lowest BCUT2D eigenvalue weighted by atomic mass is 9.74. The molecule has 0 heterocycles. The largest absolute Gasteiger partial charge is 0.462 e. The molecule has 0 aliphatic carbocycles. The van der Waals surface area contributed by atoms with Crippen molar-refractivity contribution in [3.63, 3.8) is 0 Å². The molecule has 3 atom stereocenters. The molecule has 0 aliphatic heterocycles. The fourth-order valence-electron chi connectivity index (χ4n) is 8.79. The molecule has 0 aromatic carbocycles. The maximum Gasteiger partial charge on any atom is 0.333 e. The number of ether oxygens (including phenoxy) is 4. The van der Waals surface area contributed by atoms with Gasteiger partial charge in [-0.3, -0.25) is 0 Å². The monoisotopic (exact) mass is 1020 g/mol. The van der Waals surface area contributed by atoms with Gasteiger partial charge in [0, 0.05) is 34.4 Å². The lowest BCUT2D eigenvalue weighted by molar-refractivity contribution is -0.152. The molecule has 0 bridgehead atoms. The Morgan fingerprint density at radius 3 is 1.55 bits per heavy atom. The van der Waals surface area contributed by atoms with Crippen LogP contribution < -0.4 is 0 Å². The van der Waals surface area contributed by atoms with Crippen molar-refractivity contribution >= 4 is 45.0 Å². The molecule has 0 fully saturated rings. The van der Waals surface area contributed by atoms with Gasteiger partial charge in [-0.05, 0) is 172 Å². The third-order valence-electron chi connectivity index (χ3n) is 16.1. The van der Waals surface area contributed by atoms with Crippen LogP contribution in [0.4, 0.5) is 0 Å². The van der Waals surface area contributed by atoms with Crippen LogP contribution in [0.1, 0.15) is 170 Å². The molecule has 67 heavy (non-hydrogen) atoms. The van der Waals surface area contributed by atoms with Crippen molar-refractivity contribution in [2.45, 2.75) is 278 Å². The van der Waals surface area contributed by atoms with Gasteiger partial charge >= 0.3 is 11.9 Å². The van der Waals surface area contributed by atoms with E-state index in [0.717, 1.165) is 56.7 Å². The molecule has 3 unspecified atom stereocenters. The quantitative estimate of drug-likeness (QED) is 0.0289. The summed E-state index contributed by atoms with van der Waals surface area (Å²) in [6.45, 7) is 63.5. The first kappa shape index (κ1) is 66.0. The van der Waals surface area contributed by atoms with Crippen LogP contribution in [-0.2, 0) is 41.8 Å². The number of rotatable bonds is 34. The number of carbonyl (C=O) groups excluding carboxylic acids is 2. The molecule has 10 nitrogen and oxygen atoms in total. The van der Waals surface area contributed by atoms with Gasteiger partial charge in [-0.1, -0.05) is 73.3 Å². The summed E-state index contributed by atoms with van der Waals surface area (Å²) in [6, 6.07) is 2.72. The standard InChI is InChI=1S/C53H108O10Si4/c1-28-44(57-36-33-47(7,8)49(11,12)60-43(6)40-48(9,10)56)32-29-39-67(27,53(19,20)62-65(23,24)38-31-35-59-46(55)42(4)5)61-50(13,14)51(15,16)66(25,26)63-52(17,18)64(21,22)37-30-34-58-45(54)41(2)3/h43-44,56H,2,4,28-40H2,1,3,5-27H3. The molecule has 0 radical (unpaired) electrons. The summed E-state index contributed by atoms with van der Waals surface area (Å²) in [4.78, 5) is 24.2. The molecule has 1 N–H and O–H groups in total. The minimum absolute atomic E-state index is 0.0768. The topological polar surface area (TPSA) is 119 Å². The van der Waals surface area contributed by atoms with Crippen LogP contribution in [0.15, 0.2) is 24.3 Å². The Morgan fingerprint density at radius 2 is 1.10 bits per heavy atom. The van der Waals surface area contributed by atoms with Gasteiger partial charge in [-0.15, -0.1) is 0 Å². The molecule has 0 saturated heterocycles. The average molecular weight is 1020 g/mol. The van der Waals surface area contributed by atoms with E-state index in [-0.39, 0.29) is 39.8 Å². The van der Waals surface area contributed by atoms with Gasteiger partial charge in [-0.2, -0.15) is 0 Å². The molecule has 0 saturated carbocycles. The first-order valence-corrected chi connectivity index (χ1v) is 37.4. The lowest BCUT2D eigenvalue weighted by Gasteiger charge is -2.58. The minimum Gasteiger partial charge on any atom is -0.462 e. The molecule has 0 rings (SSSR count). The molecular weight excluding hydrogens is 909 g/mol. The molecule has 0 aromatic rings. The van der Waals surface area contributed by atoms with Crippen LogP contribution in [0.2, 0.25) is 69.0 Å². The van der Waals surface area contributed by atoms with Crippen LogP contribution >= 0.6 is 0 Å². The van der Waals surface area contributed by atoms with E-state index in [9.17, 15) is 14.7 Å². The number of hydrogen-bond donors (Lipinski definition) is 1. The second-order valence-electron chi connectivity index (χ2n) is 25.8. The van der Waals surface area contributed by atoms with Gasteiger partial charge in [-0.25, -0.2) is 9.59 Å². The van der Waals surface area contributed by atoms with Gasteiger partial charge in [0.15, 0.2) is 16.6 Å². The van der Waals surface area contributed by atoms with E-state index < -0.39 is 55.1 Å². The summed E-state index contributed by atoms with van der Waals surface area (Å²) >= 11 is 0. The van der Waals surface area contributed by atoms with Gasteiger partial charge in [0.1, 0.15) is 0 Å². The normalized spacial score (nSPS) is 16.0. The summed E-state index contributed by atoms with van der Waals surface area (Å²) in [6.07, 6.45) is 5.76. The number of hydrogen-bond acceptors (Lipinski definition) is 10. The first-order chi connectivity index (χ1) is 29.8. The summed E-state index contributed by atoms with van der Waals surface area (Å²) in [5, 5.41) is 9.19. The van der Waals surface area contributed by atoms with Gasteiger partial charge in [0.2, 0.25) is 8.32 Å². The van der Waals surface area contributed by atoms with E-state index in [4.69, 9.17) is 32.2 Å². The zero-order valence-corrected chi connectivity index (χ0v) is 52.4. The molecular formula is C53H108O10Si4. The van der Waals surface area contributed by atoms with Crippen LogP contribution in [0, 0.1) is 5.41 Å². The predicted octanol–water partition coefficient (Wildman–Crippen LogP) is 14.3. The van der Waals surface area contributed by atoms with Crippen molar-refractivity contribution in [3.05, 3.63) is 24.3 Å². The second-order valence-corrected chi connectivity index (χ2v) is 44.3. The highest BCUT2D eigenvalue weighted by Gasteiger charge is 2.59. The highest BCUT2D eigenvalue weighted by Crippen LogP contribution is 2.54. The summed E-state index contributed by atoms with van der Waals surface area (Å²) in [5.74, 6) is -0.687. The van der Waals surface area contributed by atoms with Crippen molar-refractivity contribution in [3.8, 4) is 0 Å². The maximum absolute atomic E-state index is 12.1. The Hall–Kier alpha value is -0.952. The van der Waals surface area contributed by atoms with Crippen LogP contribution in [0.25, 0.3) is 0 Å². The minimum atomic E-state index is -2.77. The number of esters is 2. The Morgan fingerprint density at radius 1 is 0.627 bits per heavy atom. The van der Waals surface area contributed by atoms with Crippen LogP contribution in [0.5, 0.6) is 0 Å². The first-order valence-electron chi connectivity index (χ1n) is 25.5. The number of aliphatic hydroxyl groups is 1. The fraction of sp³-hybridized carbons (Fsp3) is 0.887. The van der Waals surface area contributed by atoms with Crippen LogP contribution in [-0.4, -0.2) is 109 Å². The maximum atomic E-state index is 12.1.